The van der Waals surface area contributed by atoms with Gasteiger partial charge in [-0.05, 0) is 42.5 Å². The molecule has 0 fully saturated rings. The smallest absolute Gasteiger partial charge is 0.317 e. The Morgan fingerprint density at radius 2 is 1.75 bits per heavy atom. The zero-order valence-corrected chi connectivity index (χ0v) is 11.7. The number of fused-ring (bicyclic) bond motifs is 1. The van der Waals surface area contributed by atoms with E-state index < -0.39 is 11.7 Å². The monoisotopic (exact) mass is 339 g/mol. The normalized spacial score (nSPS) is 12.0. The second-order valence-corrected chi connectivity index (χ2v) is 5.35. The number of nitrogens with zero attached hydrogens (tertiary/aromatic N) is 1. The van der Waals surface area contributed by atoms with Crippen molar-refractivity contribution in [3.8, 4) is 5.69 Å². The molecule has 3 rings (SSSR count). The number of benzene rings is 2. The van der Waals surface area contributed by atoms with Gasteiger partial charge in [0, 0.05) is 21.7 Å². The van der Waals surface area contributed by atoms with E-state index in [0.717, 1.165) is 21.7 Å². The molecule has 5 heteroatoms. The van der Waals surface area contributed by atoms with Crippen molar-refractivity contribution < 1.29 is 13.2 Å². The number of rotatable bonds is 1. The molecule has 0 N–H and O–H groups in total. The lowest BCUT2D eigenvalue weighted by Crippen LogP contribution is -2.04. The first kappa shape index (κ1) is 13.2. The summed E-state index contributed by atoms with van der Waals surface area (Å²) in [5, 5.41) is 0.569. The van der Waals surface area contributed by atoms with E-state index in [-0.39, 0.29) is 0 Å². The van der Waals surface area contributed by atoms with Crippen molar-refractivity contribution in [1.29, 1.82) is 0 Å². The topological polar surface area (TPSA) is 4.93 Å². The highest BCUT2D eigenvalue weighted by Crippen LogP contribution is 2.32. The van der Waals surface area contributed by atoms with Crippen molar-refractivity contribution in [3.05, 3.63) is 64.8 Å². The standard InChI is InChI=1S/C15H9BrF3N/c16-12-2-1-3-13(9-12)20-7-6-10-8-11(15(17,18)19)4-5-14(10)20/h1-9H. The van der Waals surface area contributed by atoms with Gasteiger partial charge < -0.3 is 4.57 Å². The average Bonchev–Trinajstić information content (AvgIpc) is 2.80. The second-order valence-electron chi connectivity index (χ2n) is 4.44. The Kier molecular flexibility index (Phi) is 3.09. The first-order valence-corrected chi connectivity index (χ1v) is 6.69. The van der Waals surface area contributed by atoms with E-state index in [1.807, 2.05) is 28.8 Å². The molecule has 0 atom stereocenters. The average molecular weight is 340 g/mol. The summed E-state index contributed by atoms with van der Waals surface area (Å²) in [5.74, 6) is 0. The maximum atomic E-state index is 12.7. The zero-order chi connectivity index (χ0) is 14.3. The number of aromatic nitrogens is 1. The Balaban J connectivity index is 2.15. The Labute approximate surface area is 121 Å². The predicted molar refractivity (Wildman–Crippen MR) is 76.0 cm³/mol. The van der Waals surface area contributed by atoms with E-state index in [1.54, 1.807) is 12.3 Å². The van der Waals surface area contributed by atoms with E-state index in [4.69, 9.17) is 0 Å². The van der Waals surface area contributed by atoms with Crippen molar-refractivity contribution in [2.45, 2.75) is 6.18 Å². The van der Waals surface area contributed by atoms with Crippen LogP contribution in [0.2, 0.25) is 0 Å². The van der Waals surface area contributed by atoms with Gasteiger partial charge in [-0.1, -0.05) is 22.0 Å². The highest BCUT2D eigenvalue weighted by molar-refractivity contribution is 9.10. The van der Waals surface area contributed by atoms with Gasteiger partial charge in [-0.3, -0.25) is 0 Å². The van der Waals surface area contributed by atoms with Gasteiger partial charge in [-0.2, -0.15) is 13.2 Å². The molecular formula is C15H9BrF3N. The van der Waals surface area contributed by atoms with Crippen molar-refractivity contribution in [1.82, 2.24) is 4.57 Å². The van der Waals surface area contributed by atoms with Gasteiger partial charge in [0.1, 0.15) is 0 Å². The van der Waals surface area contributed by atoms with Crippen LogP contribution in [0.25, 0.3) is 16.6 Å². The Bertz CT molecular complexity index is 774. The number of alkyl halides is 3. The van der Waals surface area contributed by atoms with Crippen LogP contribution in [0.1, 0.15) is 5.56 Å². The van der Waals surface area contributed by atoms with E-state index >= 15 is 0 Å². The van der Waals surface area contributed by atoms with Crippen LogP contribution in [0.4, 0.5) is 13.2 Å². The summed E-state index contributed by atoms with van der Waals surface area (Å²) in [6, 6.07) is 13.1. The minimum Gasteiger partial charge on any atom is -0.317 e. The first-order valence-electron chi connectivity index (χ1n) is 5.89. The van der Waals surface area contributed by atoms with Crippen LogP contribution in [0.3, 0.4) is 0 Å². The van der Waals surface area contributed by atoms with Gasteiger partial charge >= 0.3 is 6.18 Å². The molecule has 102 valence electrons. The fraction of sp³-hybridized carbons (Fsp3) is 0.0667. The van der Waals surface area contributed by atoms with Crippen molar-refractivity contribution in [2.75, 3.05) is 0 Å². The number of halogens is 4. The van der Waals surface area contributed by atoms with E-state index in [1.165, 1.54) is 12.1 Å². The largest absolute Gasteiger partial charge is 0.416 e. The molecule has 1 heterocycles. The maximum absolute atomic E-state index is 12.7. The number of hydrogen-bond acceptors (Lipinski definition) is 0. The molecule has 0 aliphatic carbocycles. The molecule has 20 heavy (non-hydrogen) atoms. The zero-order valence-electron chi connectivity index (χ0n) is 10.2. The lowest BCUT2D eigenvalue weighted by molar-refractivity contribution is -0.137. The molecule has 1 aromatic heterocycles. The fourth-order valence-corrected chi connectivity index (χ4v) is 2.56. The summed E-state index contributed by atoms with van der Waals surface area (Å²) >= 11 is 3.39. The molecule has 0 unspecified atom stereocenters. The molecule has 0 spiro atoms. The summed E-state index contributed by atoms with van der Waals surface area (Å²) in [5.41, 5.74) is 1.02. The molecular weight excluding hydrogens is 331 g/mol. The molecule has 0 saturated heterocycles. The van der Waals surface area contributed by atoms with Crippen LogP contribution in [0, 0.1) is 0 Å². The Hall–Kier alpha value is -1.75. The van der Waals surface area contributed by atoms with Gasteiger partial charge in [0.15, 0.2) is 0 Å². The molecule has 3 aromatic rings. The maximum Gasteiger partial charge on any atom is 0.416 e. The van der Waals surface area contributed by atoms with Gasteiger partial charge in [-0.25, -0.2) is 0 Å². The summed E-state index contributed by atoms with van der Waals surface area (Å²) in [6.07, 6.45) is -2.54. The van der Waals surface area contributed by atoms with Gasteiger partial charge in [-0.15, -0.1) is 0 Å². The van der Waals surface area contributed by atoms with Crippen molar-refractivity contribution in [2.24, 2.45) is 0 Å². The summed E-state index contributed by atoms with van der Waals surface area (Å²) in [6.45, 7) is 0. The van der Waals surface area contributed by atoms with E-state index in [9.17, 15) is 13.2 Å². The highest BCUT2D eigenvalue weighted by atomic mass is 79.9. The van der Waals surface area contributed by atoms with Gasteiger partial charge in [0.25, 0.3) is 0 Å². The Morgan fingerprint density at radius 3 is 2.45 bits per heavy atom. The third kappa shape index (κ3) is 2.33. The molecule has 0 radical (unpaired) electrons. The molecule has 0 amide bonds. The highest BCUT2D eigenvalue weighted by Gasteiger charge is 2.30. The van der Waals surface area contributed by atoms with Gasteiger partial charge in [0.2, 0.25) is 0 Å². The minimum absolute atomic E-state index is 0.569. The van der Waals surface area contributed by atoms with Crippen LogP contribution in [-0.4, -0.2) is 4.57 Å². The van der Waals surface area contributed by atoms with Gasteiger partial charge in [0.05, 0.1) is 11.1 Å². The summed E-state index contributed by atoms with van der Waals surface area (Å²) < 4.78 is 40.8. The quantitative estimate of drug-likeness (QED) is 0.558. The predicted octanol–water partition coefficient (Wildman–Crippen LogP) is 5.41. The molecule has 2 aromatic carbocycles. The summed E-state index contributed by atoms with van der Waals surface area (Å²) in [7, 11) is 0. The number of hydrogen-bond donors (Lipinski definition) is 0. The SMILES string of the molecule is FC(F)(F)c1ccc2c(ccn2-c2cccc(Br)c2)c1. The van der Waals surface area contributed by atoms with E-state index in [2.05, 4.69) is 15.9 Å². The third-order valence-electron chi connectivity index (χ3n) is 3.10. The van der Waals surface area contributed by atoms with Crippen LogP contribution >= 0.6 is 15.9 Å². The van der Waals surface area contributed by atoms with E-state index in [0.29, 0.717) is 5.39 Å². The lowest BCUT2D eigenvalue weighted by Gasteiger charge is -2.08. The van der Waals surface area contributed by atoms with Crippen molar-refractivity contribution in [3.63, 3.8) is 0 Å². The molecule has 0 aliphatic rings. The van der Waals surface area contributed by atoms with Crippen LogP contribution in [0.15, 0.2) is 59.2 Å². The lowest BCUT2D eigenvalue weighted by atomic mass is 10.1. The second kappa shape index (κ2) is 4.66. The molecule has 1 nitrogen and oxygen atoms in total. The minimum atomic E-state index is -4.31. The van der Waals surface area contributed by atoms with Crippen molar-refractivity contribution >= 4 is 26.8 Å². The molecule has 0 bridgehead atoms. The molecule has 0 saturated carbocycles. The third-order valence-corrected chi connectivity index (χ3v) is 3.60. The Morgan fingerprint density at radius 1 is 0.950 bits per heavy atom. The molecule has 0 aliphatic heterocycles. The first-order chi connectivity index (χ1) is 9.45. The van der Waals surface area contributed by atoms with Crippen LogP contribution in [-0.2, 0) is 6.18 Å². The fourth-order valence-electron chi connectivity index (χ4n) is 2.17. The van der Waals surface area contributed by atoms with Crippen LogP contribution in [0.5, 0.6) is 0 Å². The summed E-state index contributed by atoms with van der Waals surface area (Å²) in [4.78, 5) is 0. The van der Waals surface area contributed by atoms with Crippen LogP contribution < -0.4 is 0 Å².